The fraction of sp³-hybridized carbons (Fsp3) is 0.125. The minimum Gasteiger partial charge on any atom is -0.464 e. The van der Waals surface area contributed by atoms with Gasteiger partial charge in [0.1, 0.15) is 12.1 Å². The molecule has 1 unspecified atom stereocenters. The molecule has 80 valence electrons. The summed E-state index contributed by atoms with van der Waals surface area (Å²) in [5.74, 6) is 0.617. The molecular formula is C8H5N5O3. The van der Waals surface area contributed by atoms with E-state index in [1.54, 1.807) is 6.07 Å². The average molecular weight is 219 g/mol. The smallest absolute Gasteiger partial charge is 0.270 e. The molecule has 0 saturated heterocycles. The summed E-state index contributed by atoms with van der Waals surface area (Å²) in [5.41, 5.74) is 0.738. The molecule has 1 aliphatic rings. The predicted molar refractivity (Wildman–Crippen MR) is 49.7 cm³/mol. The van der Waals surface area contributed by atoms with Crippen molar-refractivity contribution >= 4 is 5.69 Å². The first-order valence-corrected chi connectivity index (χ1v) is 4.43. The standard InChI is InChI=1S/C8H5N5O3/c14-13(15)5-1-2-7-6(3-5)8(16-7)12-4-9-10-11-12/h1-4,8H. The highest BCUT2D eigenvalue weighted by Crippen LogP contribution is 2.41. The van der Waals surface area contributed by atoms with Gasteiger partial charge in [-0.3, -0.25) is 10.1 Å². The zero-order valence-corrected chi connectivity index (χ0v) is 7.85. The number of hydrogen-bond acceptors (Lipinski definition) is 6. The van der Waals surface area contributed by atoms with Gasteiger partial charge in [-0.05, 0) is 16.5 Å². The van der Waals surface area contributed by atoms with Gasteiger partial charge in [0.25, 0.3) is 5.69 Å². The van der Waals surface area contributed by atoms with Crippen molar-refractivity contribution in [2.24, 2.45) is 0 Å². The molecule has 1 aromatic heterocycles. The van der Waals surface area contributed by atoms with Crippen LogP contribution < -0.4 is 4.74 Å². The van der Waals surface area contributed by atoms with Gasteiger partial charge in [0.05, 0.1) is 10.5 Å². The number of tetrazole rings is 1. The zero-order valence-electron chi connectivity index (χ0n) is 7.85. The first-order valence-electron chi connectivity index (χ1n) is 4.43. The number of nitrogens with zero attached hydrogens (tertiary/aromatic N) is 5. The molecule has 0 radical (unpaired) electrons. The second-order valence-electron chi connectivity index (χ2n) is 3.24. The number of benzene rings is 1. The Kier molecular flexibility index (Phi) is 1.64. The molecule has 16 heavy (non-hydrogen) atoms. The summed E-state index contributed by atoms with van der Waals surface area (Å²) in [6.45, 7) is 0. The van der Waals surface area contributed by atoms with E-state index in [0.717, 1.165) is 0 Å². The number of fused-ring (bicyclic) bond motifs is 1. The highest BCUT2D eigenvalue weighted by Gasteiger charge is 2.32. The molecule has 0 amide bonds. The van der Waals surface area contributed by atoms with Crippen molar-refractivity contribution in [1.29, 1.82) is 0 Å². The molecule has 8 heteroatoms. The molecule has 0 spiro atoms. The third-order valence-electron chi connectivity index (χ3n) is 2.31. The molecule has 0 bridgehead atoms. The van der Waals surface area contributed by atoms with Crippen molar-refractivity contribution in [1.82, 2.24) is 20.2 Å². The van der Waals surface area contributed by atoms with E-state index in [0.29, 0.717) is 11.3 Å². The van der Waals surface area contributed by atoms with Gasteiger partial charge in [-0.25, -0.2) is 0 Å². The van der Waals surface area contributed by atoms with Crippen molar-refractivity contribution in [3.8, 4) is 5.75 Å². The molecule has 2 aromatic rings. The largest absolute Gasteiger partial charge is 0.464 e. The summed E-state index contributed by atoms with van der Waals surface area (Å²) in [5, 5.41) is 21.2. The zero-order chi connectivity index (χ0) is 11.1. The van der Waals surface area contributed by atoms with Crippen LogP contribution in [0.15, 0.2) is 24.5 Å². The second kappa shape index (κ2) is 2.99. The van der Waals surface area contributed by atoms with E-state index >= 15 is 0 Å². The van der Waals surface area contributed by atoms with Crippen LogP contribution in [0.25, 0.3) is 0 Å². The van der Waals surface area contributed by atoms with E-state index in [4.69, 9.17) is 4.74 Å². The van der Waals surface area contributed by atoms with Gasteiger partial charge in [-0.1, -0.05) is 0 Å². The second-order valence-corrected chi connectivity index (χ2v) is 3.24. The molecule has 3 rings (SSSR count). The highest BCUT2D eigenvalue weighted by molar-refractivity contribution is 5.49. The summed E-state index contributed by atoms with van der Waals surface area (Å²) in [6.07, 6.45) is 0.928. The number of ether oxygens (including phenoxy) is 1. The molecule has 2 heterocycles. The monoisotopic (exact) mass is 219 g/mol. The third-order valence-corrected chi connectivity index (χ3v) is 2.31. The van der Waals surface area contributed by atoms with Crippen LogP contribution in [0.5, 0.6) is 5.75 Å². The Morgan fingerprint density at radius 3 is 3.06 bits per heavy atom. The Hall–Kier alpha value is -2.51. The Morgan fingerprint density at radius 2 is 2.38 bits per heavy atom. The van der Waals surface area contributed by atoms with Crippen molar-refractivity contribution in [2.75, 3.05) is 0 Å². The summed E-state index contributed by atoms with van der Waals surface area (Å²) in [6, 6.07) is 4.42. The van der Waals surface area contributed by atoms with E-state index < -0.39 is 11.2 Å². The fourth-order valence-corrected chi connectivity index (χ4v) is 1.55. The summed E-state index contributed by atoms with van der Waals surface area (Å²) < 4.78 is 6.76. The van der Waals surface area contributed by atoms with Gasteiger partial charge in [0.15, 0.2) is 0 Å². The van der Waals surface area contributed by atoms with Crippen molar-refractivity contribution in [3.63, 3.8) is 0 Å². The lowest BCUT2D eigenvalue weighted by Gasteiger charge is -2.29. The topological polar surface area (TPSA) is 96.0 Å². The lowest BCUT2D eigenvalue weighted by atomic mass is 10.1. The summed E-state index contributed by atoms with van der Waals surface area (Å²) in [7, 11) is 0. The van der Waals surface area contributed by atoms with Crippen molar-refractivity contribution < 1.29 is 9.66 Å². The Labute approximate surface area is 88.6 Å². The van der Waals surface area contributed by atoms with Gasteiger partial charge >= 0.3 is 0 Å². The van der Waals surface area contributed by atoms with Crippen LogP contribution in [-0.4, -0.2) is 25.1 Å². The van der Waals surface area contributed by atoms with Gasteiger partial charge < -0.3 is 4.74 Å². The van der Waals surface area contributed by atoms with Crippen LogP contribution in [0, 0.1) is 10.1 Å². The van der Waals surface area contributed by atoms with Gasteiger partial charge in [-0.2, -0.15) is 4.68 Å². The van der Waals surface area contributed by atoms with Crippen LogP contribution in [0.3, 0.4) is 0 Å². The van der Waals surface area contributed by atoms with Crippen LogP contribution in [0.2, 0.25) is 0 Å². The minimum absolute atomic E-state index is 0.0279. The first kappa shape index (κ1) is 8.77. The SMILES string of the molecule is O=[N+]([O-])c1ccc2c(c1)C(n1cnnn1)O2. The Balaban J connectivity index is 2.00. The number of nitro groups is 1. The first-order chi connectivity index (χ1) is 7.75. The molecule has 0 aliphatic carbocycles. The quantitative estimate of drug-likeness (QED) is 0.539. The molecule has 0 fully saturated rings. The lowest BCUT2D eigenvalue weighted by Crippen LogP contribution is -2.26. The van der Waals surface area contributed by atoms with Crippen molar-refractivity contribution in [2.45, 2.75) is 6.23 Å². The predicted octanol–water partition coefficient (Wildman–Crippen LogP) is 0.521. The average Bonchev–Trinajstić information content (AvgIpc) is 2.72. The number of nitro benzene ring substituents is 1. The molecular weight excluding hydrogens is 214 g/mol. The maximum absolute atomic E-state index is 10.6. The summed E-state index contributed by atoms with van der Waals surface area (Å²) >= 11 is 0. The van der Waals surface area contributed by atoms with E-state index in [1.807, 2.05) is 0 Å². The van der Waals surface area contributed by atoms with E-state index in [1.165, 1.54) is 23.1 Å². The van der Waals surface area contributed by atoms with E-state index in [-0.39, 0.29) is 5.69 Å². The maximum Gasteiger partial charge on any atom is 0.270 e. The Morgan fingerprint density at radius 1 is 1.50 bits per heavy atom. The maximum atomic E-state index is 10.6. The lowest BCUT2D eigenvalue weighted by molar-refractivity contribution is -0.385. The molecule has 1 atom stereocenters. The van der Waals surface area contributed by atoms with Crippen LogP contribution in [-0.2, 0) is 0 Å². The number of non-ortho nitro benzene ring substituents is 1. The molecule has 1 aromatic carbocycles. The third kappa shape index (κ3) is 1.13. The van der Waals surface area contributed by atoms with Crippen LogP contribution >= 0.6 is 0 Å². The minimum atomic E-state index is -0.468. The van der Waals surface area contributed by atoms with Gasteiger partial charge in [-0.15, -0.1) is 5.10 Å². The van der Waals surface area contributed by atoms with Crippen LogP contribution in [0.4, 0.5) is 5.69 Å². The number of aromatic nitrogens is 4. The number of rotatable bonds is 2. The van der Waals surface area contributed by atoms with Crippen molar-refractivity contribution in [3.05, 3.63) is 40.2 Å². The number of hydrogen-bond donors (Lipinski definition) is 0. The summed E-state index contributed by atoms with van der Waals surface area (Å²) in [4.78, 5) is 10.2. The van der Waals surface area contributed by atoms with E-state index in [9.17, 15) is 10.1 Å². The Bertz CT molecular complexity index is 553. The normalized spacial score (nSPS) is 17.1. The molecule has 8 nitrogen and oxygen atoms in total. The molecule has 0 saturated carbocycles. The van der Waals surface area contributed by atoms with E-state index in [2.05, 4.69) is 15.5 Å². The fourth-order valence-electron chi connectivity index (χ4n) is 1.55. The molecule has 1 aliphatic heterocycles. The highest BCUT2D eigenvalue weighted by atomic mass is 16.6. The van der Waals surface area contributed by atoms with Gasteiger partial charge in [0, 0.05) is 12.1 Å². The van der Waals surface area contributed by atoms with Crippen LogP contribution in [0.1, 0.15) is 11.8 Å². The van der Waals surface area contributed by atoms with Gasteiger partial charge in [0.2, 0.25) is 6.23 Å². The molecule has 0 N–H and O–H groups in total.